The highest BCUT2D eigenvalue weighted by molar-refractivity contribution is 5.76. The summed E-state index contributed by atoms with van der Waals surface area (Å²) in [7, 11) is 0. The van der Waals surface area contributed by atoms with Crippen LogP contribution in [0.1, 0.15) is 361 Å². The zero-order chi connectivity index (χ0) is 52.2. The molecule has 1 amide bonds. The van der Waals surface area contributed by atoms with Gasteiger partial charge in [0.05, 0.1) is 25.4 Å². The summed E-state index contributed by atoms with van der Waals surface area (Å²) in [4.78, 5) is 24.6. The quantitative estimate of drug-likeness (QED) is 0.0320. The molecular weight excluding hydrogens is 887 g/mol. The third-order valence-corrected chi connectivity index (χ3v) is 15.2. The van der Waals surface area contributed by atoms with Crippen LogP contribution in [0.2, 0.25) is 0 Å². The van der Waals surface area contributed by atoms with Crippen LogP contribution >= 0.6 is 0 Å². The molecular formula is C66H127NO5. The molecule has 0 radical (unpaired) electrons. The molecule has 0 rings (SSSR count). The van der Waals surface area contributed by atoms with Gasteiger partial charge in [-0.25, -0.2) is 0 Å². The Morgan fingerprint density at radius 3 is 0.986 bits per heavy atom. The summed E-state index contributed by atoms with van der Waals surface area (Å²) < 4.78 is 5.50. The predicted molar refractivity (Wildman–Crippen MR) is 315 cm³/mol. The van der Waals surface area contributed by atoms with Crippen molar-refractivity contribution in [3.05, 3.63) is 24.3 Å². The van der Waals surface area contributed by atoms with Gasteiger partial charge < -0.3 is 20.3 Å². The molecule has 0 aliphatic rings. The Bertz CT molecular complexity index is 1120. The van der Waals surface area contributed by atoms with E-state index in [2.05, 4.69) is 31.3 Å². The number of carbonyl (C=O) groups excluding carboxylic acids is 2. The van der Waals surface area contributed by atoms with Gasteiger partial charge >= 0.3 is 5.97 Å². The molecule has 0 aromatic rings. The van der Waals surface area contributed by atoms with Crippen molar-refractivity contribution < 1.29 is 24.5 Å². The van der Waals surface area contributed by atoms with Gasteiger partial charge in [-0.05, 0) is 57.8 Å². The summed E-state index contributed by atoms with van der Waals surface area (Å²) in [5.74, 6) is -0.0721. The van der Waals surface area contributed by atoms with Crippen molar-refractivity contribution >= 4 is 11.9 Å². The van der Waals surface area contributed by atoms with Crippen LogP contribution in [0.5, 0.6) is 0 Å². The van der Waals surface area contributed by atoms with Crippen molar-refractivity contribution in [3.8, 4) is 0 Å². The van der Waals surface area contributed by atoms with Crippen molar-refractivity contribution in [2.24, 2.45) is 0 Å². The monoisotopic (exact) mass is 1010 g/mol. The van der Waals surface area contributed by atoms with E-state index >= 15 is 0 Å². The average Bonchev–Trinajstić information content (AvgIpc) is 3.38. The Morgan fingerprint density at radius 2 is 0.653 bits per heavy atom. The Hall–Kier alpha value is -1.66. The minimum atomic E-state index is -0.854. The van der Waals surface area contributed by atoms with Crippen molar-refractivity contribution in [3.63, 3.8) is 0 Å². The highest BCUT2D eigenvalue weighted by atomic mass is 16.5. The van der Waals surface area contributed by atoms with Gasteiger partial charge in [0.25, 0.3) is 0 Å². The minimum Gasteiger partial charge on any atom is -0.466 e. The van der Waals surface area contributed by atoms with Crippen LogP contribution in [0.4, 0.5) is 0 Å². The first-order valence-corrected chi connectivity index (χ1v) is 32.6. The molecule has 0 aromatic carbocycles. The Morgan fingerprint density at radius 1 is 0.375 bits per heavy atom. The molecule has 0 heterocycles. The van der Waals surface area contributed by atoms with Crippen LogP contribution in [0.15, 0.2) is 24.3 Å². The van der Waals surface area contributed by atoms with Crippen LogP contribution in [0.3, 0.4) is 0 Å². The molecule has 0 aliphatic carbocycles. The summed E-state index contributed by atoms with van der Waals surface area (Å²) in [6.07, 6.45) is 76.5. The predicted octanol–water partition coefficient (Wildman–Crippen LogP) is 20.6. The summed E-state index contributed by atoms with van der Waals surface area (Å²) in [6.45, 7) is 4.92. The van der Waals surface area contributed by atoms with Gasteiger partial charge in [0.1, 0.15) is 0 Å². The maximum atomic E-state index is 12.5. The average molecular weight is 1010 g/mol. The third kappa shape index (κ3) is 57.6. The molecule has 0 aliphatic heterocycles. The van der Waals surface area contributed by atoms with Gasteiger partial charge in [0.2, 0.25) is 5.91 Å². The lowest BCUT2D eigenvalue weighted by atomic mass is 10.0. The number of allylic oxidation sites excluding steroid dienone is 3. The molecule has 0 spiro atoms. The van der Waals surface area contributed by atoms with Crippen LogP contribution in [-0.2, 0) is 14.3 Å². The lowest BCUT2D eigenvalue weighted by Crippen LogP contribution is -2.45. The number of ether oxygens (including phenoxy) is 1. The standard InChI is InChI=1S/C66H127NO5/c1-3-5-7-9-11-13-15-17-19-21-23-26-30-34-38-42-46-50-54-58-64(69)63(62-68)67-65(70)59-55-51-47-43-39-35-31-27-24-25-29-33-37-41-45-49-53-57-61-72-66(71)60-56-52-48-44-40-36-32-28-22-20-18-16-14-12-10-8-6-4-2/h27,31,54,58,63-64,68-69H,3-26,28-30,32-53,55-57,59-62H2,1-2H3,(H,67,70)/b31-27-,58-54+. The molecule has 6 nitrogen and oxygen atoms in total. The van der Waals surface area contributed by atoms with E-state index in [1.807, 2.05) is 6.08 Å². The van der Waals surface area contributed by atoms with Crippen LogP contribution in [0, 0.1) is 0 Å². The van der Waals surface area contributed by atoms with Gasteiger partial charge in [0.15, 0.2) is 0 Å². The first kappa shape index (κ1) is 70.3. The summed E-state index contributed by atoms with van der Waals surface area (Å²) >= 11 is 0. The van der Waals surface area contributed by atoms with E-state index in [1.165, 1.54) is 276 Å². The molecule has 6 heteroatoms. The Labute approximate surface area is 450 Å². The van der Waals surface area contributed by atoms with E-state index in [4.69, 9.17) is 4.74 Å². The lowest BCUT2D eigenvalue weighted by molar-refractivity contribution is -0.143. The van der Waals surface area contributed by atoms with E-state index in [0.717, 1.165) is 57.8 Å². The largest absolute Gasteiger partial charge is 0.466 e. The number of nitrogens with one attached hydrogen (secondary N) is 1. The zero-order valence-corrected chi connectivity index (χ0v) is 48.7. The second kappa shape index (κ2) is 61.9. The highest BCUT2D eigenvalue weighted by Gasteiger charge is 2.18. The maximum Gasteiger partial charge on any atom is 0.305 e. The molecule has 72 heavy (non-hydrogen) atoms. The van der Waals surface area contributed by atoms with E-state index in [-0.39, 0.29) is 18.5 Å². The second-order valence-electron chi connectivity index (χ2n) is 22.5. The fourth-order valence-electron chi connectivity index (χ4n) is 10.2. The second-order valence-corrected chi connectivity index (χ2v) is 22.5. The number of amides is 1. The summed E-state index contributed by atoms with van der Waals surface area (Å²) in [5.41, 5.74) is 0. The number of carbonyl (C=O) groups is 2. The van der Waals surface area contributed by atoms with Crippen molar-refractivity contribution in [2.75, 3.05) is 13.2 Å². The molecule has 0 bridgehead atoms. The number of hydrogen-bond acceptors (Lipinski definition) is 5. The molecule has 3 N–H and O–H groups in total. The van der Waals surface area contributed by atoms with E-state index in [0.29, 0.717) is 19.4 Å². The SMILES string of the molecule is CCCCCCCCCCCCCCCCCCC/C=C/C(O)C(CO)NC(=O)CCCCCCC/C=C\CCCCCCCCCCCOC(=O)CCCCCCCCCCCCCCCCCCCC. The smallest absolute Gasteiger partial charge is 0.305 e. The summed E-state index contributed by atoms with van der Waals surface area (Å²) in [5, 5.41) is 23.2. The maximum absolute atomic E-state index is 12.5. The lowest BCUT2D eigenvalue weighted by Gasteiger charge is -2.20. The first-order chi connectivity index (χ1) is 35.5. The molecule has 0 saturated heterocycles. The van der Waals surface area contributed by atoms with Gasteiger partial charge in [-0.15, -0.1) is 0 Å². The molecule has 2 atom stereocenters. The minimum absolute atomic E-state index is 0.00716. The van der Waals surface area contributed by atoms with Gasteiger partial charge in [-0.3, -0.25) is 9.59 Å². The van der Waals surface area contributed by atoms with Gasteiger partial charge in [-0.2, -0.15) is 0 Å². The Balaban J connectivity index is 3.45. The highest BCUT2D eigenvalue weighted by Crippen LogP contribution is 2.18. The third-order valence-electron chi connectivity index (χ3n) is 15.2. The molecule has 0 fully saturated rings. The molecule has 2 unspecified atom stereocenters. The van der Waals surface area contributed by atoms with E-state index in [1.54, 1.807) is 6.08 Å². The number of esters is 1. The van der Waals surface area contributed by atoms with Gasteiger partial charge in [0, 0.05) is 12.8 Å². The van der Waals surface area contributed by atoms with Crippen LogP contribution < -0.4 is 5.32 Å². The number of unbranched alkanes of at least 4 members (excludes halogenated alkanes) is 48. The molecule has 426 valence electrons. The van der Waals surface area contributed by atoms with Crippen LogP contribution in [-0.4, -0.2) is 47.4 Å². The summed E-state index contributed by atoms with van der Waals surface area (Å²) in [6, 6.07) is -0.638. The zero-order valence-electron chi connectivity index (χ0n) is 48.7. The first-order valence-electron chi connectivity index (χ1n) is 32.6. The number of hydrogen-bond donors (Lipinski definition) is 3. The van der Waals surface area contributed by atoms with Crippen molar-refractivity contribution in [1.82, 2.24) is 5.32 Å². The topological polar surface area (TPSA) is 95.9 Å². The fraction of sp³-hybridized carbons (Fsp3) is 0.909. The van der Waals surface area contributed by atoms with E-state index < -0.39 is 12.1 Å². The molecule has 0 aromatic heterocycles. The van der Waals surface area contributed by atoms with Crippen molar-refractivity contribution in [2.45, 2.75) is 373 Å². The van der Waals surface area contributed by atoms with Gasteiger partial charge in [-0.1, -0.05) is 314 Å². The number of rotatable bonds is 61. The van der Waals surface area contributed by atoms with E-state index in [9.17, 15) is 19.8 Å². The molecule has 0 saturated carbocycles. The number of aliphatic hydroxyl groups is 2. The number of aliphatic hydroxyl groups excluding tert-OH is 2. The van der Waals surface area contributed by atoms with Crippen molar-refractivity contribution in [1.29, 1.82) is 0 Å². The fourth-order valence-corrected chi connectivity index (χ4v) is 10.2. The van der Waals surface area contributed by atoms with Crippen LogP contribution in [0.25, 0.3) is 0 Å². The normalized spacial score (nSPS) is 12.7. The Kier molecular flexibility index (Phi) is 60.5.